The minimum atomic E-state index is -2.97. The zero-order valence-electron chi connectivity index (χ0n) is 11.9. The predicted molar refractivity (Wildman–Crippen MR) is 78.3 cm³/mol. The van der Waals surface area contributed by atoms with Gasteiger partial charge in [0.1, 0.15) is 9.84 Å². The van der Waals surface area contributed by atoms with Crippen molar-refractivity contribution in [2.45, 2.75) is 46.3 Å². The highest BCUT2D eigenvalue weighted by molar-refractivity contribution is 7.90. The first-order valence-corrected chi connectivity index (χ1v) is 8.87. The number of halogens is 1. The van der Waals surface area contributed by atoms with Crippen molar-refractivity contribution in [2.75, 3.05) is 12.0 Å². The SMILES string of the molecule is CCc1nn(CC)c(CNC(C)CS(C)(=O)=O)c1Cl. The monoisotopic (exact) mass is 307 g/mol. The van der Waals surface area contributed by atoms with E-state index in [1.165, 1.54) is 6.26 Å². The van der Waals surface area contributed by atoms with E-state index >= 15 is 0 Å². The first kappa shape index (κ1) is 16.5. The zero-order valence-corrected chi connectivity index (χ0v) is 13.5. The third kappa shape index (κ3) is 4.78. The van der Waals surface area contributed by atoms with E-state index in [0.717, 1.165) is 24.4 Å². The number of aryl methyl sites for hydroxylation is 2. The van der Waals surface area contributed by atoms with Crippen molar-refractivity contribution in [1.82, 2.24) is 15.1 Å². The van der Waals surface area contributed by atoms with E-state index in [0.29, 0.717) is 11.6 Å². The molecule has 5 nitrogen and oxygen atoms in total. The molecule has 0 aliphatic carbocycles. The molecule has 0 spiro atoms. The molecule has 1 atom stereocenters. The number of nitrogens with one attached hydrogen (secondary N) is 1. The van der Waals surface area contributed by atoms with E-state index in [2.05, 4.69) is 10.4 Å². The van der Waals surface area contributed by atoms with Gasteiger partial charge < -0.3 is 5.32 Å². The maximum Gasteiger partial charge on any atom is 0.148 e. The van der Waals surface area contributed by atoms with E-state index in [1.807, 2.05) is 25.5 Å². The number of sulfone groups is 1. The summed E-state index contributed by atoms with van der Waals surface area (Å²) in [5.74, 6) is 0.117. The van der Waals surface area contributed by atoms with Crippen molar-refractivity contribution < 1.29 is 8.42 Å². The van der Waals surface area contributed by atoms with E-state index in [9.17, 15) is 8.42 Å². The fourth-order valence-corrected chi connectivity index (χ4v) is 3.33. The van der Waals surface area contributed by atoms with Crippen LogP contribution in [0.25, 0.3) is 0 Å². The van der Waals surface area contributed by atoms with Crippen LogP contribution in [0.15, 0.2) is 0 Å². The molecular formula is C12H22ClN3O2S. The molecule has 0 radical (unpaired) electrons. The molecular weight excluding hydrogens is 286 g/mol. The zero-order chi connectivity index (χ0) is 14.6. The Morgan fingerprint density at radius 3 is 2.53 bits per heavy atom. The molecule has 0 bridgehead atoms. The molecule has 0 fully saturated rings. The molecule has 0 saturated carbocycles. The maximum absolute atomic E-state index is 11.2. The minimum absolute atomic E-state index is 0.114. The lowest BCUT2D eigenvalue weighted by atomic mass is 10.3. The average Bonchev–Trinajstić information content (AvgIpc) is 2.60. The first-order chi connectivity index (χ1) is 8.78. The average molecular weight is 308 g/mol. The Morgan fingerprint density at radius 2 is 2.05 bits per heavy atom. The van der Waals surface area contributed by atoms with E-state index < -0.39 is 9.84 Å². The fraction of sp³-hybridized carbons (Fsp3) is 0.750. The summed E-state index contributed by atoms with van der Waals surface area (Å²) >= 11 is 6.28. The smallest absolute Gasteiger partial charge is 0.148 e. The molecule has 1 unspecified atom stereocenters. The van der Waals surface area contributed by atoms with Crippen LogP contribution in [-0.4, -0.2) is 36.2 Å². The Bertz CT molecular complexity index is 525. The van der Waals surface area contributed by atoms with Crippen molar-refractivity contribution in [1.29, 1.82) is 0 Å². The van der Waals surface area contributed by atoms with Crippen molar-refractivity contribution in [3.8, 4) is 0 Å². The third-order valence-electron chi connectivity index (χ3n) is 2.86. The van der Waals surface area contributed by atoms with Crippen LogP contribution in [-0.2, 0) is 29.3 Å². The molecule has 1 N–H and O–H groups in total. The second-order valence-corrected chi connectivity index (χ2v) is 7.31. The standard InChI is InChI=1S/C12H22ClN3O2S/c1-5-10-12(13)11(16(6-2)15-10)7-14-9(3)8-19(4,17)18/h9,14H,5-8H2,1-4H3. The van der Waals surface area contributed by atoms with Gasteiger partial charge in [-0.1, -0.05) is 18.5 Å². The lowest BCUT2D eigenvalue weighted by Gasteiger charge is -2.13. The highest BCUT2D eigenvalue weighted by Crippen LogP contribution is 2.21. The van der Waals surface area contributed by atoms with E-state index in [1.54, 1.807) is 0 Å². The van der Waals surface area contributed by atoms with Gasteiger partial charge in [0.25, 0.3) is 0 Å². The predicted octanol–water partition coefficient (Wildman–Crippen LogP) is 1.64. The summed E-state index contributed by atoms with van der Waals surface area (Å²) in [5, 5.41) is 8.29. The molecule has 0 saturated heterocycles. The van der Waals surface area contributed by atoms with Gasteiger partial charge in [0.15, 0.2) is 0 Å². The second-order valence-electron chi connectivity index (χ2n) is 4.75. The Labute approximate surface area is 120 Å². The summed E-state index contributed by atoms with van der Waals surface area (Å²) in [5.41, 5.74) is 1.80. The molecule has 110 valence electrons. The van der Waals surface area contributed by atoms with E-state index in [-0.39, 0.29) is 11.8 Å². The van der Waals surface area contributed by atoms with Crippen LogP contribution in [0, 0.1) is 0 Å². The molecule has 1 rings (SSSR count). The van der Waals surface area contributed by atoms with Crippen LogP contribution >= 0.6 is 11.6 Å². The summed E-state index contributed by atoms with van der Waals surface area (Å²) in [6.45, 7) is 7.14. The maximum atomic E-state index is 11.2. The summed E-state index contributed by atoms with van der Waals surface area (Å²) in [6, 6.07) is -0.114. The number of hydrogen-bond donors (Lipinski definition) is 1. The fourth-order valence-electron chi connectivity index (χ4n) is 1.97. The van der Waals surface area contributed by atoms with Gasteiger partial charge in [0, 0.05) is 25.4 Å². The number of nitrogens with zero attached hydrogens (tertiary/aromatic N) is 2. The lowest BCUT2D eigenvalue weighted by Crippen LogP contribution is -2.33. The van der Waals surface area contributed by atoms with Gasteiger partial charge in [-0.25, -0.2) is 8.42 Å². The molecule has 7 heteroatoms. The van der Waals surface area contributed by atoms with Crippen LogP contribution in [0.1, 0.15) is 32.2 Å². The lowest BCUT2D eigenvalue weighted by molar-refractivity contribution is 0.531. The number of hydrogen-bond acceptors (Lipinski definition) is 4. The Balaban J connectivity index is 2.74. The molecule has 0 aliphatic rings. The van der Waals surface area contributed by atoms with Crippen molar-refractivity contribution in [2.24, 2.45) is 0 Å². The molecule has 0 aromatic carbocycles. The minimum Gasteiger partial charge on any atom is -0.308 e. The van der Waals surface area contributed by atoms with Crippen LogP contribution in [0.3, 0.4) is 0 Å². The number of rotatable bonds is 7. The Kier molecular flexibility index (Phi) is 5.82. The van der Waals surface area contributed by atoms with Gasteiger partial charge in [0.05, 0.1) is 22.2 Å². The Hall–Kier alpha value is -0.590. The normalized spacial score (nSPS) is 13.7. The van der Waals surface area contributed by atoms with Crippen LogP contribution in [0.2, 0.25) is 5.02 Å². The van der Waals surface area contributed by atoms with Gasteiger partial charge in [-0.05, 0) is 20.3 Å². The molecule has 0 aliphatic heterocycles. The summed E-state index contributed by atoms with van der Waals surface area (Å²) in [7, 11) is -2.97. The molecule has 19 heavy (non-hydrogen) atoms. The van der Waals surface area contributed by atoms with E-state index in [4.69, 9.17) is 11.6 Å². The Morgan fingerprint density at radius 1 is 1.42 bits per heavy atom. The second kappa shape index (κ2) is 6.72. The quantitative estimate of drug-likeness (QED) is 0.832. The summed E-state index contributed by atoms with van der Waals surface area (Å²) < 4.78 is 24.3. The highest BCUT2D eigenvalue weighted by Gasteiger charge is 2.16. The van der Waals surface area contributed by atoms with Crippen LogP contribution in [0.4, 0.5) is 0 Å². The van der Waals surface area contributed by atoms with Gasteiger partial charge in [-0.15, -0.1) is 0 Å². The van der Waals surface area contributed by atoms with Gasteiger partial charge in [-0.2, -0.15) is 5.10 Å². The van der Waals surface area contributed by atoms with Gasteiger partial charge in [0.2, 0.25) is 0 Å². The molecule has 1 heterocycles. The van der Waals surface area contributed by atoms with Crippen molar-refractivity contribution >= 4 is 21.4 Å². The largest absolute Gasteiger partial charge is 0.308 e. The van der Waals surface area contributed by atoms with Crippen molar-refractivity contribution in [3.05, 3.63) is 16.4 Å². The van der Waals surface area contributed by atoms with Crippen molar-refractivity contribution in [3.63, 3.8) is 0 Å². The first-order valence-electron chi connectivity index (χ1n) is 6.43. The topological polar surface area (TPSA) is 64.0 Å². The summed E-state index contributed by atoms with van der Waals surface area (Å²) in [4.78, 5) is 0. The third-order valence-corrected chi connectivity index (χ3v) is 4.41. The van der Waals surface area contributed by atoms with Crippen LogP contribution < -0.4 is 5.32 Å². The molecule has 1 aromatic heterocycles. The van der Waals surface area contributed by atoms with Gasteiger partial charge >= 0.3 is 0 Å². The number of aromatic nitrogens is 2. The molecule has 0 amide bonds. The molecule has 1 aromatic rings. The summed E-state index contributed by atoms with van der Waals surface area (Å²) in [6.07, 6.45) is 2.03. The van der Waals surface area contributed by atoms with Crippen LogP contribution in [0.5, 0.6) is 0 Å². The highest BCUT2D eigenvalue weighted by atomic mass is 35.5. The van der Waals surface area contributed by atoms with Gasteiger partial charge in [-0.3, -0.25) is 4.68 Å².